The predicted molar refractivity (Wildman–Crippen MR) is 81.3 cm³/mol. The highest BCUT2D eigenvalue weighted by molar-refractivity contribution is 7.92. The van der Waals surface area contributed by atoms with Gasteiger partial charge in [-0.1, -0.05) is 6.07 Å². The average Bonchev–Trinajstić information content (AvgIpc) is 2.44. The van der Waals surface area contributed by atoms with Crippen molar-refractivity contribution in [2.45, 2.75) is 32.1 Å². The Morgan fingerprint density at radius 1 is 1.33 bits per heavy atom. The largest absolute Gasteiger partial charge is 0.478 e. The smallest absolute Gasteiger partial charge is 0.335 e. The first-order valence-electron chi connectivity index (χ1n) is 7.08. The maximum atomic E-state index is 11.9. The maximum absolute atomic E-state index is 11.9. The molecule has 0 unspecified atom stereocenters. The Morgan fingerprint density at radius 3 is 2.67 bits per heavy atom. The predicted octanol–water partition coefficient (Wildman–Crippen LogP) is 1.57. The van der Waals surface area contributed by atoms with E-state index in [1.807, 2.05) is 6.07 Å². The molecule has 2 rings (SSSR count). The highest BCUT2D eigenvalue weighted by Crippen LogP contribution is 2.20. The SMILES string of the molecule is CC(C)S(=O)(=O)CCN1CCc2ccc(C(=O)O)cc2C1. The van der Waals surface area contributed by atoms with Crippen molar-refractivity contribution in [3.8, 4) is 0 Å². The molecule has 0 amide bonds. The van der Waals surface area contributed by atoms with Crippen LogP contribution in [0.15, 0.2) is 18.2 Å². The zero-order valence-electron chi connectivity index (χ0n) is 12.4. The second kappa shape index (κ2) is 6.15. The third-order valence-electron chi connectivity index (χ3n) is 3.95. The summed E-state index contributed by atoms with van der Waals surface area (Å²) >= 11 is 0. The van der Waals surface area contributed by atoms with Gasteiger partial charge in [0.1, 0.15) is 0 Å². The molecule has 1 aromatic rings. The molecule has 0 saturated carbocycles. The summed E-state index contributed by atoms with van der Waals surface area (Å²) in [6.07, 6.45) is 0.830. The van der Waals surface area contributed by atoms with Crippen molar-refractivity contribution >= 4 is 15.8 Å². The Kier molecular flexibility index (Phi) is 4.68. The molecule has 1 aliphatic rings. The second-order valence-corrected chi connectivity index (χ2v) is 8.41. The van der Waals surface area contributed by atoms with E-state index in [2.05, 4.69) is 4.90 Å². The lowest BCUT2D eigenvalue weighted by molar-refractivity contribution is 0.0696. The Labute approximate surface area is 125 Å². The Morgan fingerprint density at radius 2 is 2.05 bits per heavy atom. The number of rotatable bonds is 5. The zero-order chi connectivity index (χ0) is 15.6. The summed E-state index contributed by atoms with van der Waals surface area (Å²) in [5.41, 5.74) is 2.43. The normalized spacial score (nSPS) is 16.0. The van der Waals surface area contributed by atoms with Crippen LogP contribution in [-0.4, -0.2) is 48.5 Å². The van der Waals surface area contributed by atoms with Gasteiger partial charge in [0.05, 0.1) is 16.6 Å². The number of nitrogens with zero attached hydrogens (tertiary/aromatic N) is 1. The summed E-state index contributed by atoms with van der Waals surface area (Å²) in [6, 6.07) is 5.18. The van der Waals surface area contributed by atoms with Gasteiger partial charge in [-0.05, 0) is 43.5 Å². The molecule has 0 bridgehead atoms. The molecule has 0 atom stereocenters. The van der Waals surface area contributed by atoms with Gasteiger partial charge in [-0.25, -0.2) is 13.2 Å². The minimum atomic E-state index is -3.03. The molecular formula is C15H21NO4S. The molecule has 6 heteroatoms. The lowest BCUT2D eigenvalue weighted by atomic mass is 9.97. The maximum Gasteiger partial charge on any atom is 0.335 e. The van der Waals surface area contributed by atoms with Crippen LogP contribution in [0, 0.1) is 0 Å². The summed E-state index contributed by atoms with van der Waals surface area (Å²) in [5.74, 6) is -0.782. The minimum absolute atomic E-state index is 0.151. The van der Waals surface area contributed by atoms with Gasteiger partial charge < -0.3 is 5.11 Å². The van der Waals surface area contributed by atoms with Crippen LogP contribution in [0.4, 0.5) is 0 Å². The van der Waals surface area contributed by atoms with Gasteiger partial charge in [0, 0.05) is 19.6 Å². The van der Waals surface area contributed by atoms with Crippen LogP contribution in [0.1, 0.15) is 35.3 Å². The summed E-state index contributed by atoms with van der Waals surface area (Å²) in [6.45, 7) is 5.31. The van der Waals surface area contributed by atoms with Crippen LogP contribution >= 0.6 is 0 Å². The van der Waals surface area contributed by atoms with Gasteiger partial charge in [-0.3, -0.25) is 4.90 Å². The number of sulfone groups is 1. The molecule has 1 heterocycles. The fourth-order valence-electron chi connectivity index (χ4n) is 2.43. The van der Waals surface area contributed by atoms with Crippen molar-refractivity contribution in [3.63, 3.8) is 0 Å². The molecule has 0 radical (unpaired) electrons. The average molecular weight is 311 g/mol. The van der Waals surface area contributed by atoms with E-state index in [0.717, 1.165) is 24.1 Å². The first-order valence-corrected chi connectivity index (χ1v) is 8.80. The molecule has 0 fully saturated rings. The molecular weight excluding hydrogens is 290 g/mol. The van der Waals surface area contributed by atoms with Crippen LogP contribution in [0.5, 0.6) is 0 Å². The van der Waals surface area contributed by atoms with Crippen molar-refractivity contribution in [2.24, 2.45) is 0 Å². The van der Waals surface area contributed by atoms with Crippen molar-refractivity contribution in [3.05, 3.63) is 34.9 Å². The number of carbonyl (C=O) groups is 1. The second-order valence-electron chi connectivity index (χ2n) is 5.73. The van der Waals surface area contributed by atoms with E-state index in [0.29, 0.717) is 13.1 Å². The Hall–Kier alpha value is -1.40. The van der Waals surface area contributed by atoms with E-state index in [1.165, 1.54) is 0 Å². The zero-order valence-corrected chi connectivity index (χ0v) is 13.2. The van der Waals surface area contributed by atoms with E-state index < -0.39 is 15.8 Å². The summed E-state index contributed by atoms with van der Waals surface area (Å²) in [5, 5.41) is 8.68. The van der Waals surface area contributed by atoms with Crippen LogP contribution in [-0.2, 0) is 22.8 Å². The molecule has 0 saturated heterocycles. The number of hydrogen-bond acceptors (Lipinski definition) is 4. The van der Waals surface area contributed by atoms with E-state index in [-0.39, 0.29) is 16.6 Å². The van der Waals surface area contributed by atoms with Crippen molar-refractivity contribution in [1.29, 1.82) is 0 Å². The fraction of sp³-hybridized carbons (Fsp3) is 0.533. The standard InChI is InChI=1S/C15H21NO4S/c1-11(2)21(19,20)8-7-16-6-5-12-3-4-13(15(17)18)9-14(12)10-16/h3-4,9,11H,5-8,10H2,1-2H3,(H,17,18). The van der Waals surface area contributed by atoms with E-state index >= 15 is 0 Å². The van der Waals surface area contributed by atoms with Crippen LogP contribution in [0.2, 0.25) is 0 Å². The molecule has 0 spiro atoms. The van der Waals surface area contributed by atoms with Gasteiger partial charge >= 0.3 is 5.97 Å². The fourth-order valence-corrected chi connectivity index (χ4v) is 3.42. The molecule has 1 N–H and O–H groups in total. The lowest BCUT2D eigenvalue weighted by Gasteiger charge is -2.29. The van der Waals surface area contributed by atoms with Crippen LogP contribution in [0.3, 0.4) is 0 Å². The van der Waals surface area contributed by atoms with Gasteiger partial charge in [0.2, 0.25) is 0 Å². The number of carboxylic acid groups (broad SMARTS) is 1. The molecule has 0 aromatic heterocycles. The number of benzene rings is 1. The van der Waals surface area contributed by atoms with Gasteiger partial charge in [0.15, 0.2) is 9.84 Å². The van der Waals surface area contributed by atoms with Crippen molar-refractivity contribution in [1.82, 2.24) is 4.90 Å². The summed E-state index contributed by atoms with van der Waals surface area (Å²) < 4.78 is 23.7. The molecule has 1 aliphatic heterocycles. The highest BCUT2D eigenvalue weighted by Gasteiger charge is 2.21. The molecule has 1 aromatic carbocycles. The van der Waals surface area contributed by atoms with Gasteiger partial charge in [-0.15, -0.1) is 0 Å². The topological polar surface area (TPSA) is 74.7 Å². The van der Waals surface area contributed by atoms with Crippen molar-refractivity contribution < 1.29 is 18.3 Å². The van der Waals surface area contributed by atoms with E-state index in [9.17, 15) is 13.2 Å². The summed E-state index contributed by atoms with van der Waals surface area (Å²) in [7, 11) is -3.03. The number of fused-ring (bicyclic) bond motifs is 1. The lowest BCUT2D eigenvalue weighted by Crippen LogP contribution is -2.35. The van der Waals surface area contributed by atoms with E-state index in [4.69, 9.17) is 5.11 Å². The molecule has 116 valence electrons. The minimum Gasteiger partial charge on any atom is -0.478 e. The van der Waals surface area contributed by atoms with Gasteiger partial charge in [0.25, 0.3) is 0 Å². The quantitative estimate of drug-likeness (QED) is 0.893. The first kappa shape index (κ1) is 16.0. The van der Waals surface area contributed by atoms with E-state index in [1.54, 1.807) is 26.0 Å². The third kappa shape index (κ3) is 3.83. The molecule has 21 heavy (non-hydrogen) atoms. The third-order valence-corrected chi connectivity index (χ3v) is 6.14. The molecule has 5 nitrogen and oxygen atoms in total. The van der Waals surface area contributed by atoms with Crippen molar-refractivity contribution in [2.75, 3.05) is 18.8 Å². The molecule has 0 aliphatic carbocycles. The monoisotopic (exact) mass is 311 g/mol. The van der Waals surface area contributed by atoms with Crippen LogP contribution in [0.25, 0.3) is 0 Å². The summed E-state index contributed by atoms with van der Waals surface area (Å²) in [4.78, 5) is 13.1. The number of carboxylic acids is 1. The Bertz CT molecular complexity index is 637. The number of hydrogen-bond donors (Lipinski definition) is 1. The highest BCUT2D eigenvalue weighted by atomic mass is 32.2. The van der Waals surface area contributed by atoms with Crippen LogP contribution < -0.4 is 0 Å². The number of aromatic carboxylic acids is 1. The first-order chi connectivity index (χ1) is 9.79. The Balaban J connectivity index is 2.05. The van der Waals surface area contributed by atoms with Gasteiger partial charge in [-0.2, -0.15) is 0 Å².